The summed E-state index contributed by atoms with van der Waals surface area (Å²) >= 11 is 0. The van der Waals surface area contributed by atoms with Gasteiger partial charge < -0.3 is 10.2 Å². The van der Waals surface area contributed by atoms with Crippen LogP contribution in [-0.4, -0.2) is 37.0 Å². The van der Waals surface area contributed by atoms with Gasteiger partial charge in [0.15, 0.2) is 0 Å². The Morgan fingerprint density at radius 1 is 1.15 bits per heavy atom. The van der Waals surface area contributed by atoms with Gasteiger partial charge >= 0.3 is 0 Å². The molecule has 0 unspecified atom stereocenters. The van der Waals surface area contributed by atoms with Crippen LogP contribution in [0.15, 0.2) is 24.3 Å². The van der Waals surface area contributed by atoms with Crippen LogP contribution >= 0.6 is 0 Å². The van der Waals surface area contributed by atoms with Crippen molar-refractivity contribution in [1.82, 2.24) is 10.2 Å². The number of nitrogens with zero attached hydrogens (tertiary/aromatic N) is 1. The smallest absolute Gasteiger partial charge is 0.253 e. The maximum Gasteiger partial charge on any atom is 0.253 e. The minimum Gasteiger partial charge on any atom is -0.339 e. The number of halogens is 1. The molecule has 0 aromatic heterocycles. The first-order chi connectivity index (χ1) is 9.69. The first-order valence-corrected chi connectivity index (χ1v) is 7.44. The van der Waals surface area contributed by atoms with Crippen molar-refractivity contribution in [3.63, 3.8) is 0 Å². The van der Waals surface area contributed by atoms with Gasteiger partial charge in [-0.1, -0.05) is 6.07 Å². The van der Waals surface area contributed by atoms with Crippen LogP contribution in [0.25, 0.3) is 0 Å². The van der Waals surface area contributed by atoms with Crippen LogP contribution < -0.4 is 5.32 Å². The summed E-state index contributed by atoms with van der Waals surface area (Å²) in [6.07, 6.45) is 4.59. The van der Waals surface area contributed by atoms with Crippen molar-refractivity contribution in [2.24, 2.45) is 5.41 Å². The van der Waals surface area contributed by atoms with Gasteiger partial charge in [0.25, 0.3) is 5.91 Å². The van der Waals surface area contributed by atoms with E-state index in [1.807, 2.05) is 4.90 Å². The molecule has 1 N–H and O–H groups in total. The summed E-state index contributed by atoms with van der Waals surface area (Å²) in [5.74, 6) is -0.379. The van der Waals surface area contributed by atoms with Crippen LogP contribution in [0, 0.1) is 11.2 Å². The zero-order valence-corrected chi connectivity index (χ0v) is 11.7. The van der Waals surface area contributed by atoms with Gasteiger partial charge in [-0.3, -0.25) is 4.79 Å². The molecule has 20 heavy (non-hydrogen) atoms. The van der Waals surface area contributed by atoms with Gasteiger partial charge in [-0.25, -0.2) is 4.39 Å². The number of carbonyl (C=O) groups excluding carboxylic acids is 1. The molecule has 4 heteroatoms. The topological polar surface area (TPSA) is 32.3 Å². The van der Waals surface area contributed by atoms with E-state index >= 15 is 0 Å². The van der Waals surface area contributed by atoms with Crippen molar-refractivity contribution in [3.05, 3.63) is 35.6 Å². The molecule has 1 aromatic carbocycles. The zero-order valence-electron chi connectivity index (χ0n) is 11.7. The number of amides is 1. The lowest BCUT2D eigenvalue weighted by molar-refractivity contribution is 0.0495. The lowest BCUT2D eigenvalue weighted by atomic mass is 9.71. The molecular weight excluding hydrogens is 255 g/mol. The van der Waals surface area contributed by atoms with Gasteiger partial charge in [0.1, 0.15) is 5.82 Å². The van der Waals surface area contributed by atoms with Gasteiger partial charge in [-0.05, 0) is 62.4 Å². The van der Waals surface area contributed by atoms with E-state index in [9.17, 15) is 9.18 Å². The van der Waals surface area contributed by atoms with E-state index in [2.05, 4.69) is 5.32 Å². The maximum atomic E-state index is 13.2. The second-order valence-corrected chi connectivity index (χ2v) is 6.05. The first kappa shape index (κ1) is 13.6. The van der Waals surface area contributed by atoms with E-state index in [-0.39, 0.29) is 11.7 Å². The van der Waals surface area contributed by atoms with E-state index in [0.717, 1.165) is 39.0 Å². The van der Waals surface area contributed by atoms with Crippen molar-refractivity contribution in [2.75, 3.05) is 26.2 Å². The summed E-state index contributed by atoms with van der Waals surface area (Å²) in [6, 6.07) is 6.00. The van der Waals surface area contributed by atoms with E-state index in [0.29, 0.717) is 11.0 Å². The number of rotatable bonds is 1. The molecule has 0 atom stereocenters. The molecule has 2 heterocycles. The fourth-order valence-corrected chi connectivity index (χ4v) is 3.45. The Morgan fingerprint density at radius 3 is 2.50 bits per heavy atom. The Bertz CT molecular complexity index is 487. The molecule has 1 amide bonds. The van der Waals surface area contributed by atoms with Crippen molar-refractivity contribution in [1.29, 1.82) is 0 Å². The summed E-state index contributed by atoms with van der Waals surface area (Å²) in [5.41, 5.74) is 0.899. The van der Waals surface area contributed by atoms with Crippen molar-refractivity contribution < 1.29 is 9.18 Å². The molecule has 2 saturated heterocycles. The molecule has 1 spiro atoms. The Hall–Kier alpha value is -1.42. The highest BCUT2D eigenvalue weighted by Gasteiger charge is 2.36. The lowest BCUT2D eigenvalue weighted by Gasteiger charge is -2.44. The molecule has 1 aromatic rings. The van der Waals surface area contributed by atoms with Crippen LogP contribution in [0.2, 0.25) is 0 Å². The third-order valence-electron chi connectivity index (χ3n) is 4.85. The zero-order chi connectivity index (χ0) is 14.0. The predicted molar refractivity (Wildman–Crippen MR) is 76.1 cm³/mol. The molecule has 2 aliphatic rings. The highest BCUT2D eigenvalue weighted by molar-refractivity contribution is 5.94. The van der Waals surface area contributed by atoms with Gasteiger partial charge in [0, 0.05) is 18.7 Å². The standard InChI is InChI=1S/C16H21FN2O/c17-14-3-1-2-13(12-14)15(20)19-10-6-16(7-11-19)4-8-18-9-5-16/h1-3,12,18H,4-11H2. The van der Waals surface area contributed by atoms with Crippen LogP contribution in [0.3, 0.4) is 0 Å². The number of carbonyl (C=O) groups is 1. The monoisotopic (exact) mass is 276 g/mol. The number of likely N-dealkylation sites (tertiary alicyclic amines) is 1. The van der Waals surface area contributed by atoms with E-state index in [1.165, 1.54) is 25.0 Å². The van der Waals surface area contributed by atoms with Crippen LogP contribution in [0.4, 0.5) is 4.39 Å². The number of nitrogens with one attached hydrogen (secondary N) is 1. The molecule has 3 nitrogen and oxygen atoms in total. The van der Waals surface area contributed by atoms with Gasteiger partial charge in [-0.15, -0.1) is 0 Å². The van der Waals surface area contributed by atoms with Crippen LogP contribution in [-0.2, 0) is 0 Å². The van der Waals surface area contributed by atoms with Gasteiger partial charge in [0.2, 0.25) is 0 Å². The van der Waals surface area contributed by atoms with Crippen molar-refractivity contribution in [2.45, 2.75) is 25.7 Å². The molecule has 2 aliphatic heterocycles. The summed E-state index contributed by atoms with van der Waals surface area (Å²) < 4.78 is 13.2. The fourth-order valence-electron chi connectivity index (χ4n) is 3.45. The Labute approximate surface area is 119 Å². The summed E-state index contributed by atoms with van der Waals surface area (Å²) in [4.78, 5) is 14.2. The minimum absolute atomic E-state index is 0.0340. The van der Waals surface area contributed by atoms with Crippen LogP contribution in [0.5, 0.6) is 0 Å². The summed E-state index contributed by atoms with van der Waals surface area (Å²) in [7, 11) is 0. The second kappa shape index (κ2) is 5.52. The SMILES string of the molecule is O=C(c1cccc(F)c1)N1CCC2(CCNCC2)CC1. The third kappa shape index (κ3) is 2.70. The molecule has 3 rings (SSSR count). The average Bonchev–Trinajstić information content (AvgIpc) is 2.48. The predicted octanol–water partition coefficient (Wildman–Crippen LogP) is 2.43. The molecule has 108 valence electrons. The molecule has 0 saturated carbocycles. The van der Waals surface area contributed by atoms with E-state index in [1.54, 1.807) is 12.1 Å². The lowest BCUT2D eigenvalue weighted by Crippen LogP contribution is -2.47. The van der Waals surface area contributed by atoms with E-state index in [4.69, 9.17) is 0 Å². The average molecular weight is 276 g/mol. The second-order valence-electron chi connectivity index (χ2n) is 6.05. The maximum absolute atomic E-state index is 13.2. The van der Waals surface area contributed by atoms with E-state index < -0.39 is 0 Å². The molecule has 0 aliphatic carbocycles. The number of hydrogen-bond acceptors (Lipinski definition) is 2. The number of hydrogen-bond donors (Lipinski definition) is 1. The van der Waals surface area contributed by atoms with Crippen molar-refractivity contribution in [3.8, 4) is 0 Å². The minimum atomic E-state index is -0.345. The van der Waals surface area contributed by atoms with Gasteiger partial charge in [0.05, 0.1) is 0 Å². The third-order valence-corrected chi connectivity index (χ3v) is 4.85. The highest BCUT2D eigenvalue weighted by atomic mass is 19.1. The fraction of sp³-hybridized carbons (Fsp3) is 0.562. The quantitative estimate of drug-likeness (QED) is 0.854. The highest BCUT2D eigenvalue weighted by Crippen LogP contribution is 2.39. The Morgan fingerprint density at radius 2 is 1.85 bits per heavy atom. The van der Waals surface area contributed by atoms with Crippen molar-refractivity contribution >= 4 is 5.91 Å². The molecule has 0 bridgehead atoms. The van der Waals surface area contributed by atoms with Crippen LogP contribution in [0.1, 0.15) is 36.0 Å². The Balaban J connectivity index is 1.64. The largest absolute Gasteiger partial charge is 0.339 e. The normalized spacial score (nSPS) is 21.9. The first-order valence-electron chi connectivity index (χ1n) is 7.44. The van der Waals surface area contributed by atoms with Gasteiger partial charge in [-0.2, -0.15) is 0 Å². The molecule has 0 radical (unpaired) electrons. The number of benzene rings is 1. The molecule has 2 fully saturated rings. The summed E-state index contributed by atoms with van der Waals surface area (Å²) in [5, 5.41) is 3.40. The molecular formula is C16H21FN2O. The summed E-state index contributed by atoms with van der Waals surface area (Å²) in [6.45, 7) is 3.79. The number of piperidine rings is 2. The Kier molecular flexibility index (Phi) is 3.74.